The third-order valence-corrected chi connectivity index (χ3v) is 3.27. The number of rotatable bonds is 11. The van der Waals surface area contributed by atoms with Crippen molar-refractivity contribution in [2.75, 3.05) is 27.7 Å². The lowest BCUT2D eigenvalue weighted by Crippen LogP contribution is -2.37. The highest BCUT2D eigenvalue weighted by Gasteiger charge is 2.11. The van der Waals surface area contributed by atoms with Gasteiger partial charge >= 0.3 is 0 Å². The number of hydrogen-bond donors (Lipinski definition) is 1. The van der Waals surface area contributed by atoms with E-state index in [1.54, 1.807) is 0 Å². The van der Waals surface area contributed by atoms with Crippen LogP contribution in [0.1, 0.15) is 64.7 Å². The molecule has 0 aliphatic carbocycles. The fourth-order valence-electron chi connectivity index (χ4n) is 2.02. The Kier molecular flexibility index (Phi) is 9.85. The first-order valence-corrected chi connectivity index (χ1v) is 7.44. The molecule has 0 aromatic rings. The molecular formula is C15H34NO+. The zero-order valence-electron chi connectivity index (χ0n) is 12.5. The van der Waals surface area contributed by atoms with Crippen LogP contribution in [0.4, 0.5) is 0 Å². The Labute approximate surface area is 109 Å². The molecule has 0 amide bonds. The average molecular weight is 244 g/mol. The van der Waals surface area contributed by atoms with E-state index in [1.165, 1.54) is 44.9 Å². The molecule has 1 unspecified atom stereocenters. The minimum Gasteiger partial charge on any atom is -0.393 e. The second-order valence-corrected chi connectivity index (χ2v) is 6.37. The van der Waals surface area contributed by atoms with Crippen LogP contribution < -0.4 is 0 Å². The van der Waals surface area contributed by atoms with Gasteiger partial charge in [-0.25, -0.2) is 0 Å². The molecule has 0 saturated carbocycles. The molecule has 0 spiro atoms. The van der Waals surface area contributed by atoms with Crippen molar-refractivity contribution in [3.05, 3.63) is 0 Å². The summed E-state index contributed by atoms with van der Waals surface area (Å²) in [5.41, 5.74) is 0. The molecule has 2 nitrogen and oxygen atoms in total. The number of aliphatic hydroxyl groups excluding tert-OH is 1. The fourth-order valence-corrected chi connectivity index (χ4v) is 2.02. The Morgan fingerprint density at radius 2 is 1.35 bits per heavy atom. The molecule has 0 aliphatic heterocycles. The maximum Gasteiger partial charge on any atom is 0.0805 e. The monoisotopic (exact) mass is 244 g/mol. The van der Waals surface area contributed by atoms with Crippen molar-refractivity contribution < 1.29 is 9.59 Å². The van der Waals surface area contributed by atoms with E-state index in [0.717, 1.165) is 23.9 Å². The first kappa shape index (κ1) is 16.9. The van der Waals surface area contributed by atoms with Gasteiger partial charge in [0.2, 0.25) is 0 Å². The number of unbranched alkanes of at least 4 members (excludes halogenated alkanes) is 6. The summed E-state index contributed by atoms with van der Waals surface area (Å²) in [6.45, 7) is 3.32. The zero-order valence-corrected chi connectivity index (χ0v) is 12.5. The number of hydrogen-bond acceptors (Lipinski definition) is 1. The molecule has 1 N–H and O–H groups in total. The molecule has 2 heteroatoms. The molecule has 0 saturated heterocycles. The molecule has 0 bridgehead atoms. The molecule has 1 atom stereocenters. The highest BCUT2D eigenvalue weighted by molar-refractivity contribution is 4.56. The van der Waals surface area contributed by atoms with Crippen molar-refractivity contribution in [1.82, 2.24) is 0 Å². The van der Waals surface area contributed by atoms with Crippen molar-refractivity contribution in [3.63, 3.8) is 0 Å². The maximum absolute atomic E-state index is 9.84. The topological polar surface area (TPSA) is 20.2 Å². The molecule has 0 rings (SSSR count). The second-order valence-electron chi connectivity index (χ2n) is 6.37. The Hall–Kier alpha value is -0.0800. The van der Waals surface area contributed by atoms with Crippen LogP contribution in [0.2, 0.25) is 0 Å². The van der Waals surface area contributed by atoms with Crippen LogP contribution in [0.5, 0.6) is 0 Å². The van der Waals surface area contributed by atoms with Crippen LogP contribution >= 0.6 is 0 Å². The van der Waals surface area contributed by atoms with Crippen molar-refractivity contribution in [3.8, 4) is 0 Å². The third kappa shape index (κ3) is 13.9. The molecule has 0 heterocycles. The first-order chi connectivity index (χ1) is 7.95. The predicted octanol–water partition coefficient (Wildman–Crippen LogP) is 3.58. The van der Waals surface area contributed by atoms with Gasteiger partial charge in [-0.3, -0.25) is 0 Å². The van der Waals surface area contributed by atoms with E-state index in [2.05, 4.69) is 28.1 Å². The van der Waals surface area contributed by atoms with E-state index in [0.29, 0.717) is 0 Å². The van der Waals surface area contributed by atoms with Crippen LogP contribution in [0.3, 0.4) is 0 Å². The standard InChI is InChI=1S/C15H34NO/c1-5-6-7-8-9-10-11-12-15(17)13-14-16(2,3)4/h15,17H,5-14H2,1-4H3/q+1. The molecule has 104 valence electrons. The van der Waals surface area contributed by atoms with Gasteiger partial charge in [-0.15, -0.1) is 0 Å². The summed E-state index contributed by atoms with van der Waals surface area (Å²) in [5.74, 6) is 0. The lowest BCUT2D eigenvalue weighted by Gasteiger charge is -2.25. The molecule has 0 aromatic carbocycles. The van der Waals surface area contributed by atoms with Gasteiger partial charge in [0.15, 0.2) is 0 Å². The summed E-state index contributed by atoms with van der Waals surface area (Å²) in [6, 6.07) is 0. The molecule has 0 fully saturated rings. The van der Waals surface area contributed by atoms with Crippen LogP contribution in [-0.2, 0) is 0 Å². The van der Waals surface area contributed by atoms with Crippen LogP contribution in [0, 0.1) is 0 Å². The summed E-state index contributed by atoms with van der Waals surface area (Å²) >= 11 is 0. The maximum atomic E-state index is 9.84. The van der Waals surface area contributed by atoms with Crippen molar-refractivity contribution in [2.24, 2.45) is 0 Å². The molecular weight excluding hydrogens is 210 g/mol. The molecule has 0 aliphatic rings. The lowest BCUT2D eigenvalue weighted by atomic mass is 10.0. The van der Waals surface area contributed by atoms with Gasteiger partial charge in [-0.2, -0.15) is 0 Å². The minimum atomic E-state index is -0.0806. The fraction of sp³-hybridized carbons (Fsp3) is 1.00. The van der Waals surface area contributed by atoms with Crippen LogP contribution in [-0.4, -0.2) is 43.4 Å². The first-order valence-electron chi connectivity index (χ1n) is 7.44. The number of aliphatic hydroxyl groups is 1. The van der Waals surface area contributed by atoms with E-state index in [4.69, 9.17) is 0 Å². The Morgan fingerprint density at radius 3 is 1.88 bits per heavy atom. The van der Waals surface area contributed by atoms with E-state index >= 15 is 0 Å². The molecule has 17 heavy (non-hydrogen) atoms. The third-order valence-electron chi connectivity index (χ3n) is 3.27. The number of quaternary nitrogens is 1. The summed E-state index contributed by atoms with van der Waals surface area (Å²) in [7, 11) is 6.54. The molecule has 0 radical (unpaired) electrons. The van der Waals surface area contributed by atoms with E-state index < -0.39 is 0 Å². The highest BCUT2D eigenvalue weighted by atomic mass is 16.3. The summed E-state index contributed by atoms with van der Waals surface area (Å²) in [4.78, 5) is 0. The minimum absolute atomic E-state index is 0.0806. The van der Waals surface area contributed by atoms with E-state index in [1.807, 2.05) is 0 Å². The van der Waals surface area contributed by atoms with Crippen molar-refractivity contribution >= 4 is 0 Å². The van der Waals surface area contributed by atoms with E-state index in [9.17, 15) is 5.11 Å². The van der Waals surface area contributed by atoms with Gasteiger partial charge in [0.05, 0.1) is 33.8 Å². The van der Waals surface area contributed by atoms with Crippen molar-refractivity contribution in [2.45, 2.75) is 70.8 Å². The smallest absolute Gasteiger partial charge is 0.0805 e. The lowest BCUT2D eigenvalue weighted by molar-refractivity contribution is -0.870. The largest absolute Gasteiger partial charge is 0.393 e. The van der Waals surface area contributed by atoms with Gasteiger partial charge < -0.3 is 9.59 Å². The van der Waals surface area contributed by atoms with Crippen LogP contribution in [0.25, 0.3) is 0 Å². The zero-order chi connectivity index (χ0) is 13.1. The van der Waals surface area contributed by atoms with Gasteiger partial charge in [0.1, 0.15) is 0 Å². The summed E-state index contributed by atoms with van der Waals surface area (Å²) < 4.78 is 0.952. The van der Waals surface area contributed by atoms with Gasteiger partial charge in [-0.1, -0.05) is 51.9 Å². The van der Waals surface area contributed by atoms with Crippen LogP contribution in [0.15, 0.2) is 0 Å². The molecule has 0 aromatic heterocycles. The van der Waals surface area contributed by atoms with Gasteiger partial charge in [0.25, 0.3) is 0 Å². The SMILES string of the molecule is CCCCCCCCCC(O)CC[N+](C)(C)C. The summed E-state index contributed by atoms with van der Waals surface area (Å²) in [5, 5.41) is 9.84. The summed E-state index contributed by atoms with van der Waals surface area (Å²) in [6.07, 6.45) is 11.2. The quantitative estimate of drug-likeness (QED) is 0.435. The van der Waals surface area contributed by atoms with E-state index in [-0.39, 0.29) is 6.10 Å². The van der Waals surface area contributed by atoms with Gasteiger partial charge in [-0.05, 0) is 6.42 Å². The Bertz CT molecular complexity index is 163. The Balaban J connectivity index is 3.25. The highest BCUT2D eigenvalue weighted by Crippen LogP contribution is 2.11. The average Bonchev–Trinajstić information content (AvgIpc) is 2.24. The van der Waals surface area contributed by atoms with Gasteiger partial charge in [0, 0.05) is 6.42 Å². The second kappa shape index (κ2) is 9.90. The van der Waals surface area contributed by atoms with Crippen molar-refractivity contribution in [1.29, 1.82) is 0 Å². The number of nitrogens with zero attached hydrogens (tertiary/aromatic N) is 1. The normalized spacial score (nSPS) is 13.9. The Morgan fingerprint density at radius 1 is 0.824 bits per heavy atom. The predicted molar refractivity (Wildman–Crippen MR) is 76.1 cm³/mol.